The molecular weight excluding hydrogens is 250 g/mol. The van der Waals surface area contributed by atoms with Crippen molar-refractivity contribution in [1.29, 1.82) is 0 Å². The first kappa shape index (κ1) is 14.3. The first-order chi connectivity index (χ1) is 9.75. The average Bonchev–Trinajstić information content (AvgIpc) is 2.52. The van der Waals surface area contributed by atoms with Crippen LogP contribution in [-0.2, 0) is 6.42 Å². The zero-order chi connectivity index (χ0) is 14.2. The van der Waals surface area contributed by atoms with Gasteiger partial charge >= 0.3 is 0 Å². The first-order valence-electron chi connectivity index (χ1n) is 6.81. The van der Waals surface area contributed by atoms with Gasteiger partial charge in [0.25, 0.3) is 5.91 Å². The summed E-state index contributed by atoms with van der Waals surface area (Å²) < 4.78 is 0. The van der Waals surface area contributed by atoms with Crippen LogP contribution >= 0.6 is 0 Å². The number of carbonyl (C=O) groups excluding carboxylic acids is 1. The third kappa shape index (κ3) is 4.52. The van der Waals surface area contributed by atoms with E-state index in [1.807, 2.05) is 48.5 Å². The van der Waals surface area contributed by atoms with Crippen LogP contribution in [0.15, 0.2) is 60.7 Å². The maximum Gasteiger partial charge on any atom is 0.251 e. The lowest BCUT2D eigenvalue weighted by molar-refractivity contribution is 0.0911. The van der Waals surface area contributed by atoms with E-state index in [0.717, 1.165) is 6.42 Å². The van der Waals surface area contributed by atoms with Crippen molar-refractivity contribution in [3.63, 3.8) is 0 Å². The van der Waals surface area contributed by atoms with E-state index in [0.29, 0.717) is 12.0 Å². The molecule has 1 atom stereocenters. The van der Waals surface area contributed by atoms with E-state index in [1.165, 1.54) is 5.56 Å². The largest absolute Gasteiger partial charge is 0.391 e. The highest BCUT2D eigenvalue weighted by Crippen LogP contribution is 2.05. The summed E-state index contributed by atoms with van der Waals surface area (Å²) in [6, 6.07) is 19.0. The van der Waals surface area contributed by atoms with Gasteiger partial charge in [0.15, 0.2) is 0 Å². The molecule has 2 rings (SSSR count). The molecule has 3 nitrogen and oxygen atoms in total. The number of rotatable bonds is 6. The molecule has 0 saturated heterocycles. The Kier molecular flexibility index (Phi) is 5.33. The molecule has 0 heterocycles. The normalized spacial score (nSPS) is 11.8. The van der Waals surface area contributed by atoms with Gasteiger partial charge in [0.1, 0.15) is 0 Å². The maximum absolute atomic E-state index is 11.8. The summed E-state index contributed by atoms with van der Waals surface area (Å²) in [6.45, 7) is 0.278. The van der Waals surface area contributed by atoms with E-state index < -0.39 is 6.10 Å². The predicted molar refractivity (Wildman–Crippen MR) is 79.5 cm³/mol. The van der Waals surface area contributed by atoms with Crippen LogP contribution < -0.4 is 5.32 Å². The number of nitrogens with one attached hydrogen (secondary N) is 1. The standard InChI is InChI=1S/C17H19NO2/c19-16(12-11-14-7-3-1-4-8-14)13-18-17(20)15-9-5-2-6-10-15/h1-10,16,19H,11-13H2,(H,18,20). The Bertz CT molecular complexity index is 525. The van der Waals surface area contributed by atoms with Crippen LogP contribution in [0.2, 0.25) is 0 Å². The molecule has 20 heavy (non-hydrogen) atoms. The Labute approximate surface area is 119 Å². The van der Waals surface area contributed by atoms with Crippen molar-refractivity contribution in [2.75, 3.05) is 6.54 Å². The van der Waals surface area contributed by atoms with Crippen LogP contribution in [0.25, 0.3) is 0 Å². The number of benzene rings is 2. The Morgan fingerprint density at radius 3 is 2.25 bits per heavy atom. The summed E-state index contributed by atoms with van der Waals surface area (Å²) >= 11 is 0. The fourth-order valence-corrected chi connectivity index (χ4v) is 1.98. The summed E-state index contributed by atoms with van der Waals surface area (Å²) in [4.78, 5) is 11.8. The maximum atomic E-state index is 11.8. The molecule has 2 N–H and O–H groups in total. The van der Waals surface area contributed by atoms with Gasteiger partial charge in [-0.3, -0.25) is 4.79 Å². The van der Waals surface area contributed by atoms with Crippen LogP contribution in [0.5, 0.6) is 0 Å². The molecule has 104 valence electrons. The Hall–Kier alpha value is -2.13. The molecule has 1 amide bonds. The zero-order valence-corrected chi connectivity index (χ0v) is 11.3. The lowest BCUT2D eigenvalue weighted by Gasteiger charge is -2.12. The van der Waals surface area contributed by atoms with Crippen LogP contribution in [0.4, 0.5) is 0 Å². The lowest BCUT2D eigenvalue weighted by Crippen LogP contribution is -2.32. The van der Waals surface area contributed by atoms with Gasteiger partial charge in [0.05, 0.1) is 6.10 Å². The molecule has 2 aromatic carbocycles. The van der Waals surface area contributed by atoms with Crippen molar-refractivity contribution in [3.05, 3.63) is 71.8 Å². The molecule has 0 fully saturated rings. The van der Waals surface area contributed by atoms with Crippen molar-refractivity contribution in [2.45, 2.75) is 18.9 Å². The van der Waals surface area contributed by atoms with E-state index >= 15 is 0 Å². The smallest absolute Gasteiger partial charge is 0.251 e. The number of carbonyl (C=O) groups is 1. The molecule has 0 aliphatic heterocycles. The van der Waals surface area contributed by atoms with Crippen molar-refractivity contribution in [2.24, 2.45) is 0 Å². The fourth-order valence-electron chi connectivity index (χ4n) is 1.98. The second-order valence-electron chi connectivity index (χ2n) is 4.75. The highest BCUT2D eigenvalue weighted by atomic mass is 16.3. The molecule has 0 aromatic heterocycles. The minimum absolute atomic E-state index is 0.149. The van der Waals surface area contributed by atoms with Crippen molar-refractivity contribution in [1.82, 2.24) is 5.32 Å². The molecule has 0 spiro atoms. The van der Waals surface area contributed by atoms with Gasteiger partial charge in [0, 0.05) is 12.1 Å². The van der Waals surface area contributed by atoms with Gasteiger partial charge in [0.2, 0.25) is 0 Å². The van der Waals surface area contributed by atoms with E-state index in [2.05, 4.69) is 5.32 Å². The highest BCUT2D eigenvalue weighted by molar-refractivity contribution is 5.94. The number of hydrogen-bond acceptors (Lipinski definition) is 2. The molecule has 1 unspecified atom stereocenters. The summed E-state index contributed by atoms with van der Waals surface area (Å²) in [5.41, 5.74) is 1.81. The first-order valence-corrected chi connectivity index (χ1v) is 6.81. The molecule has 0 saturated carbocycles. The molecule has 3 heteroatoms. The number of aliphatic hydroxyl groups is 1. The van der Waals surface area contributed by atoms with Gasteiger partial charge in [-0.05, 0) is 30.5 Å². The zero-order valence-electron chi connectivity index (χ0n) is 11.3. The van der Waals surface area contributed by atoms with Crippen molar-refractivity contribution in [3.8, 4) is 0 Å². The molecule has 0 bridgehead atoms. The quantitative estimate of drug-likeness (QED) is 0.846. The summed E-state index contributed by atoms with van der Waals surface area (Å²) in [5, 5.41) is 12.6. The van der Waals surface area contributed by atoms with E-state index in [-0.39, 0.29) is 12.5 Å². The Morgan fingerprint density at radius 1 is 1.00 bits per heavy atom. The second-order valence-corrected chi connectivity index (χ2v) is 4.75. The van der Waals surface area contributed by atoms with Crippen LogP contribution in [0.3, 0.4) is 0 Å². The summed E-state index contributed by atoms with van der Waals surface area (Å²) in [7, 11) is 0. The SMILES string of the molecule is O=C(NCC(O)CCc1ccccc1)c1ccccc1. The van der Waals surface area contributed by atoms with E-state index in [4.69, 9.17) is 0 Å². The highest BCUT2D eigenvalue weighted by Gasteiger charge is 2.08. The topological polar surface area (TPSA) is 49.3 Å². The Balaban J connectivity index is 1.73. The van der Waals surface area contributed by atoms with Crippen LogP contribution in [0, 0.1) is 0 Å². The Morgan fingerprint density at radius 2 is 1.60 bits per heavy atom. The van der Waals surface area contributed by atoms with Gasteiger partial charge in [-0.1, -0.05) is 48.5 Å². The number of aliphatic hydroxyl groups excluding tert-OH is 1. The van der Waals surface area contributed by atoms with Crippen LogP contribution in [-0.4, -0.2) is 23.7 Å². The number of hydrogen-bond donors (Lipinski definition) is 2. The van der Waals surface area contributed by atoms with Crippen molar-refractivity contribution >= 4 is 5.91 Å². The monoisotopic (exact) mass is 269 g/mol. The van der Waals surface area contributed by atoms with Gasteiger partial charge in [-0.25, -0.2) is 0 Å². The summed E-state index contributed by atoms with van der Waals surface area (Å²) in [5.74, 6) is -0.149. The van der Waals surface area contributed by atoms with Crippen LogP contribution in [0.1, 0.15) is 22.3 Å². The van der Waals surface area contributed by atoms with Crippen molar-refractivity contribution < 1.29 is 9.90 Å². The number of amides is 1. The molecule has 0 radical (unpaired) electrons. The minimum atomic E-state index is -0.525. The lowest BCUT2D eigenvalue weighted by atomic mass is 10.1. The van der Waals surface area contributed by atoms with E-state index in [1.54, 1.807) is 12.1 Å². The predicted octanol–water partition coefficient (Wildman–Crippen LogP) is 2.41. The van der Waals surface area contributed by atoms with Gasteiger partial charge in [-0.15, -0.1) is 0 Å². The second kappa shape index (κ2) is 7.46. The number of aryl methyl sites for hydroxylation is 1. The third-order valence-corrected chi connectivity index (χ3v) is 3.14. The average molecular weight is 269 g/mol. The van der Waals surface area contributed by atoms with E-state index in [9.17, 15) is 9.90 Å². The molecule has 0 aliphatic carbocycles. The summed E-state index contributed by atoms with van der Waals surface area (Å²) in [6.07, 6.45) is 0.922. The van der Waals surface area contributed by atoms with Gasteiger partial charge in [-0.2, -0.15) is 0 Å². The van der Waals surface area contributed by atoms with Gasteiger partial charge < -0.3 is 10.4 Å². The third-order valence-electron chi connectivity index (χ3n) is 3.14. The minimum Gasteiger partial charge on any atom is -0.391 e. The molecule has 0 aliphatic rings. The molecule has 2 aromatic rings. The fraction of sp³-hybridized carbons (Fsp3) is 0.235. The molecular formula is C17H19NO2.